The monoisotopic (exact) mass is 125 g/mol. The Labute approximate surface area is 57.1 Å². The molecule has 0 saturated heterocycles. The molecule has 51 valence electrons. The number of aliphatic hydroxyl groups is 1. The second kappa shape index (κ2) is 5.65. The minimum absolute atomic E-state index is 0.228. The molecule has 1 nitrogen and oxygen atoms in total. The molecule has 0 aliphatic rings. The van der Waals surface area contributed by atoms with Crippen molar-refractivity contribution in [3.8, 4) is 11.8 Å². The molecule has 0 aliphatic heterocycles. The highest BCUT2D eigenvalue weighted by molar-refractivity contribution is 4.99. The predicted octanol–water partition coefficient (Wildman–Crippen LogP) is 1.23. The Balaban J connectivity index is 3.25. The Bertz CT molecular complexity index is 107. The highest BCUT2D eigenvalue weighted by Crippen LogP contribution is 1.96. The van der Waals surface area contributed by atoms with Gasteiger partial charge in [0.2, 0.25) is 0 Å². The molecule has 0 fully saturated rings. The van der Waals surface area contributed by atoms with Crippen LogP contribution in [0, 0.1) is 24.7 Å². The summed E-state index contributed by atoms with van der Waals surface area (Å²) in [5.74, 6) is 6.06. The quantitative estimate of drug-likeness (QED) is 0.550. The molecular formula is C8H13O. The van der Waals surface area contributed by atoms with Gasteiger partial charge in [-0.3, -0.25) is 0 Å². The number of hydrogen-bond acceptors (Lipinski definition) is 1. The topological polar surface area (TPSA) is 20.2 Å². The third-order valence-corrected chi connectivity index (χ3v) is 1.01. The van der Waals surface area contributed by atoms with Gasteiger partial charge in [-0.25, -0.2) is 0 Å². The largest absolute Gasteiger partial charge is 0.396 e. The van der Waals surface area contributed by atoms with Crippen molar-refractivity contribution in [2.45, 2.75) is 19.8 Å². The SMILES string of the molecule is [CH2]CC#CCC(C)CO. The highest BCUT2D eigenvalue weighted by atomic mass is 16.3. The molecule has 1 atom stereocenters. The van der Waals surface area contributed by atoms with E-state index in [4.69, 9.17) is 5.11 Å². The molecule has 0 saturated carbocycles. The predicted molar refractivity (Wildman–Crippen MR) is 38.6 cm³/mol. The van der Waals surface area contributed by atoms with Crippen molar-refractivity contribution in [3.63, 3.8) is 0 Å². The number of hydrogen-bond donors (Lipinski definition) is 1. The second-order valence-electron chi connectivity index (χ2n) is 2.10. The van der Waals surface area contributed by atoms with Crippen LogP contribution < -0.4 is 0 Å². The zero-order valence-electron chi connectivity index (χ0n) is 5.85. The van der Waals surface area contributed by atoms with Gasteiger partial charge in [0.1, 0.15) is 0 Å². The van der Waals surface area contributed by atoms with Gasteiger partial charge < -0.3 is 5.11 Å². The van der Waals surface area contributed by atoms with Crippen molar-refractivity contribution in [3.05, 3.63) is 6.92 Å². The summed E-state index contributed by atoms with van der Waals surface area (Å²) in [6.45, 7) is 5.77. The third-order valence-electron chi connectivity index (χ3n) is 1.01. The van der Waals surface area contributed by atoms with Gasteiger partial charge in [-0.1, -0.05) is 6.92 Å². The average Bonchev–Trinajstić information content (AvgIpc) is 1.89. The van der Waals surface area contributed by atoms with Crippen LogP contribution in [0.5, 0.6) is 0 Å². The van der Waals surface area contributed by atoms with Crippen LogP contribution in [0.2, 0.25) is 0 Å². The maximum absolute atomic E-state index is 8.55. The molecule has 0 aromatic heterocycles. The second-order valence-corrected chi connectivity index (χ2v) is 2.10. The lowest BCUT2D eigenvalue weighted by atomic mass is 10.1. The molecule has 0 amide bonds. The summed E-state index contributed by atoms with van der Waals surface area (Å²) < 4.78 is 0. The van der Waals surface area contributed by atoms with Gasteiger partial charge in [-0.05, 0) is 12.8 Å². The van der Waals surface area contributed by atoms with E-state index in [1.807, 2.05) is 6.92 Å². The number of rotatable bonds is 2. The van der Waals surface area contributed by atoms with Crippen LogP contribution in [0.25, 0.3) is 0 Å². The van der Waals surface area contributed by atoms with E-state index in [0.717, 1.165) is 6.42 Å². The molecule has 1 heteroatoms. The van der Waals surface area contributed by atoms with Crippen LogP contribution in [0.1, 0.15) is 19.8 Å². The minimum atomic E-state index is 0.228. The van der Waals surface area contributed by atoms with Gasteiger partial charge in [-0.2, -0.15) is 0 Å². The van der Waals surface area contributed by atoms with Crippen molar-refractivity contribution in [2.24, 2.45) is 5.92 Å². The lowest BCUT2D eigenvalue weighted by molar-refractivity contribution is 0.240. The first-order valence-corrected chi connectivity index (χ1v) is 3.17. The fraction of sp³-hybridized carbons (Fsp3) is 0.625. The van der Waals surface area contributed by atoms with Gasteiger partial charge in [0.25, 0.3) is 0 Å². The molecule has 9 heavy (non-hydrogen) atoms. The fourth-order valence-corrected chi connectivity index (χ4v) is 0.399. The minimum Gasteiger partial charge on any atom is -0.396 e. The average molecular weight is 125 g/mol. The van der Waals surface area contributed by atoms with E-state index in [1.54, 1.807) is 0 Å². The van der Waals surface area contributed by atoms with Crippen molar-refractivity contribution < 1.29 is 5.11 Å². The Morgan fingerprint density at radius 3 is 2.67 bits per heavy atom. The summed E-state index contributed by atoms with van der Waals surface area (Å²) in [6, 6.07) is 0. The van der Waals surface area contributed by atoms with E-state index >= 15 is 0 Å². The van der Waals surface area contributed by atoms with Gasteiger partial charge >= 0.3 is 0 Å². The molecular weight excluding hydrogens is 112 g/mol. The summed E-state index contributed by atoms with van der Waals surface area (Å²) in [5, 5.41) is 8.55. The van der Waals surface area contributed by atoms with E-state index in [-0.39, 0.29) is 6.61 Å². The lowest BCUT2D eigenvalue weighted by Gasteiger charge is -1.98. The molecule has 1 radical (unpaired) electrons. The highest BCUT2D eigenvalue weighted by Gasteiger charge is 1.93. The van der Waals surface area contributed by atoms with E-state index in [0.29, 0.717) is 12.3 Å². The van der Waals surface area contributed by atoms with Crippen molar-refractivity contribution in [1.82, 2.24) is 0 Å². The first-order valence-electron chi connectivity index (χ1n) is 3.17. The summed E-state index contributed by atoms with van der Waals surface area (Å²) in [5.41, 5.74) is 0. The van der Waals surface area contributed by atoms with E-state index in [9.17, 15) is 0 Å². The lowest BCUT2D eigenvalue weighted by Crippen LogP contribution is -1.97. The molecule has 0 aromatic rings. The Morgan fingerprint density at radius 2 is 2.22 bits per heavy atom. The third kappa shape index (κ3) is 5.39. The smallest absolute Gasteiger partial charge is 0.0465 e. The van der Waals surface area contributed by atoms with Crippen LogP contribution >= 0.6 is 0 Å². The first-order chi connectivity index (χ1) is 4.31. The van der Waals surface area contributed by atoms with Crippen LogP contribution in [0.3, 0.4) is 0 Å². The number of aliphatic hydroxyl groups excluding tert-OH is 1. The van der Waals surface area contributed by atoms with Crippen LogP contribution in [-0.4, -0.2) is 11.7 Å². The summed E-state index contributed by atoms with van der Waals surface area (Å²) in [4.78, 5) is 0. The zero-order valence-corrected chi connectivity index (χ0v) is 5.85. The Morgan fingerprint density at radius 1 is 1.56 bits per heavy atom. The first kappa shape index (κ1) is 8.52. The van der Waals surface area contributed by atoms with E-state index in [2.05, 4.69) is 18.8 Å². The molecule has 0 aromatic carbocycles. The maximum atomic E-state index is 8.55. The molecule has 0 spiro atoms. The molecule has 0 heterocycles. The summed E-state index contributed by atoms with van der Waals surface area (Å²) in [6.07, 6.45) is 1.45. The van der Waals surface area contributed by atoms with Gasteiger partial charge in [0, 0.05) is 19.4 Å². The van der Waals surface area contributed by atoms with Gasteiger partial charge in [0.05, 0.1) is 0 Å². The zero-order chi connectivity index (χ0) is 7.11. The normalized spacial score (nSPS) is 11.9. The molecule has 0 bridgehead atoms. The maximum Gasteiger partial charge on any atom is 0.0465 e. The van der Waals surface area contributed by atoms with Crippen LogP contribution in [0.15, 0.2) is 0 Å². The molecule has 0 rings (SSSR count). The van der Waals surface area contributed by atoms with Gasteiger partial charge in [0.15, 0.2) is 0 Å². The van der Waals surface area contributed by atoms with Gasteiger partial charge in [-0.15, -0.1) is 11.8 Å². The van der Waals surface area contributed by atoms with Crippen molar-refractivity contribution in [1.29, 1.82) is 0 Å². The van der Waals surface area contributed by atoms with Crippen LogP contribution in [0.4, 0.5) is 0 Å². The molecule has 1 unspecified atom stereocenters. The Kier molecular flexibility index (Phi) is 5.35. The van der Waals surface area contributed by atoms with E-state index in [1.165, 1.54) is 0 Å². The summed E-state index contributed by atoms with van der Waals surface area (Å²) >= 11 is 0. The summed E-state index contributed by atoms with van der Waals surface area (Å²) in [7, 11) is 0. The Hall–Kier alpha value is -0.480. The van der Waals surface area contributed by atoms with Crippen molar-refractivity contribution >= 4 is 0 Å². The molecule has 0 aliphatic carbocycles. The van der Waals surface area contributed by atoms with E-state index < -0.39 is 0 Å². The molecule has 1 N–H and O–H groups in total. The fourth-order valence-electron chi connectivity index (χ4n) is 0.399. The van der Waals surface area contributed by atoms with Crippen molar-refractivity contribution in [2.75, 3.05) is 6.61 Å². The van der Waals surface area contributed by atoms with Crippen LogP contribution in [-0.2, 0) is 0 Å². The standard InChI is InChI=1S/C8H13O/c1-3-4-5-6-8(2)7-9/h8-9H,1,3,6-7H2,2H3.